The molecule has 4 nitrogen and oxygen atoms in total. The normalized spacial score (nSPS) is 11.4. The molecule has 1 amide bonds. The molecule has 1 aromatic rings. The fourth-order valence-corrected chi connectivity index (χ4v) is 0.669. The number of amides is 1. The van der Waals surface area contributed by atoms with Crippen LogP contribution in [0.15, 0.2) is 10.7 Å². The lowest BCUT2D eigenvalue weighted by molar-refractivity contribution is -0.141. The minimum Gasteiger partial charge on any atom is -0.431 e. The molecule has 0 bridgehead atoms. The average molecular weight is 208 g/mol. The predicted octanol–water partition coefficient (Wildman–Crippen LogP) is 2.04. The molecule has 0 unspecified atom stereocenters. The van der Waals surface area contributed by atoms with Crippen molar-refractivity contribution in [3.8, 4) is 0 Å². The molecule has 1 N–H and O–H groups in total. The number of hydrogen-bond acceptors (Lipinski definition) is 3. The molecule has 1 heterocycles. The number of nitrogens with one attached hydrogen (secondary N) is 1. The second-order valence-corrected chi connectivity index (χ2v) is 2.44. The Hall–Kier alpha value is -1.53. The van der Waals surface area contributed by atoms with Crippen molar-refractivity contribution >= 4 is 11.9 Å². The Bertz CT molecular complexity index is 332. The standard InChI is InChI=1S/C7H7F3N2O2/c1-2-5(13)12-6-11-4(3-14-6)7(8,9)10/h3H,2H2,1H3,(H,11,12,13). The molecular formula is C7H7F3N2O2. The van der Waals surface area contributed by atoms with Crippen LogP contribution in [0.2, 0.25) is 0 Å². The number of aromatic nitrogens is 1. The Kier molecular flexibility index (Phi) is 2.78. The zero-order chi connectivity index (χ0) is 10.8. The summed E-state index contributed by atoms with van der Waals surface area (Å²) >= 11 is 0. The van der Waals surface area contributed by atoms with E-state index in [-0.39, 0.29) is 6.42 Å². The number of hydrogen-bond donors (Lipinski definition) is 1. The number of oxazole rings is 1. The van der Waals surface area contributed by atoms with E-state index in [9.17, 15) is 18.0 Å². The summed E-state index contributed by atoms with van der Waals surface area (Å²) < 4.78 is 40.4. The van der Waals surface area contributed by atoms with Crippen LogP contribution >= 0.6 is 0 Å². The van der Waals surface area contributed by atoms with Crippen molar-refractivity contribution in [1.82, 2.24) is 4.98 Å². The third-order valence-electron chi connectivity index (χ3n) is 1.36. The molecule has 0 radical (unpaired) electrons. The molecule has 0 aromatic carbocycles. The third-order valence-corrected chi connectivity index (χ3v) is 1.36. The van der Waals surface area contributed by atoms with Crippen molar-refractivity contribution in [2.75, 3.05) is 5.32 Å². The predicted molar refractivity (Wildman–Crippen MR) is 40.4 cm³/mol. The van der Waals surface area contributed by atoms with Crippen LogP contribution in [0.1, 0.15) is 19.0 Å². The number of carbonyl (C=O) groups excluding carboxylic acids is 1. The van der Waals surface area contributed by atoms with Gasteiger partial charge in [-0.05, 0) is 0 Å². The van der Waals surface area contributed by atoms with Crippen molar-refractivity contribution in [3.63, 3.8) is 0 Å². The molecule has 14 heavy (non-hydrogen) atoms. The number of alkyl halides is 3. The zero-order valence-electron chi connectivity index (χ0n) is 7.18. The van der Waals surface area contributed by atoms with Gasteiger partial charge in [-0.1, -0.05) is 6.92 Å². The van der Waals surface area contributed by atoms with Crippen LogP contribution in [0, 0.1) is 0 Å². The minimum absolute atomic E-state index is 0.143. The van der Waals surface area contributed by atoms with E-state index in [0.29, 0.717) is 6.26 Å². The van der Waals surface area contributed by atoms with Gasteiger partial charge in [0.2, 0.25) is 5.91 Å². The van der Waals surface area contributed by atoms with Crippen LogP contribution in [-0.4, -0.2) is 10.9 Å². The Morgan fingerprint density at radius 3 is 2.71 bits per heavy atom. The van der Waals surface area contributed by atoms with Gasteiger partial charge in [0.05, 0.1) is 0 Å². The largest absolute Gasteiger partial charge is 0.436 e. The highest BCUT2D eigenvalue weighted by atomic mass is 19.4. The molecule has 0 saturated heterocycles. The van der Waals surface area contributed by atoms with Gasteiger partial charge < -0.3 is 4.42 Å². The Balaban J connectivity index is 2.74. The maximum absolute atomic E-state index is 12.0. The van der Waals surface area contributed by atoms with E-state index in [1.54, 1.807) is 6.92 Å². The van der Waals surface area contributed by atoms with Crippen molar-refractivity contribution in [2.45, 2.75) is 19.5 Å². The van der Waals surface area contributed by atoms with Crippen LogP contribution in [0.3, 0.4) is 0 Å². The highest BCUT2D eigenvalue weighted by molar-refractivity contribution is 5.88. The second kappa shape index (κ2) is 3.69. The summed E-state index contributed by atoms with van der Waals surface area (Å²) in [6, 6.07) is -0.441. The van der Waals surface area contributed by atoms with Crippen LogP contribution in [0.4, 0.5) is 19.2 Å². The monoisotopic (exact) mass is 208 g/mol. The van der Waals surface area contributed by atoms with Crippen LogP contribution in [0.25, 0.3) is 0 Å². The number of anilines is 1. The summed E-state index contributed by atoms with van der Waals surface area (Å²) in [7, 11) is 0. The topological polar surface area (TPSA) is 55.1 Å². The molecule has 1 rings (SSSR count). The quantitative estimate of drug-likeness (QED) is 0.809. The first-order chi connectivity index (χ1) is 6.43. The first-order valence-electron chi connectivity index (χ1n) is 3.76. The van der Waals surface area contributed by atoms with Gasteiger partial charge in [0.15, 0.2) is 5.69 Å². The van der Waals surface area contributed by atoms with Crippen molar-refractivity contribution in [2.24, 2.45) is 0 Å². The molecule has 0 aliphatic carbocycles. The number of rotatable bonds is 2. The first-order valence-corrected chi connectivity index (χ1v) is 3.76. The van der Waals surface area contributed by atoms with Gasteiger partial charge in [-0.2, -0.15) is 18.2 Å². The van der Waals surface area contributed by atoms with E-state index in [1.807, 2.05) is 0 Å². The Labute approximate surface area is 77.1 Å². The van der Waals surface area contributed by atoms with E-state index < -0.39 is 23.8 Å². The van der Waals surface area contributed by atoms with Crippen LogP contribution in [-0.2, 0) is 11.0 Å². The summed E-state index contributed by atoms with van der Waals surface area (Å²) in [5.41, 5.74) is -1.16. The lowest BCUT2D eigenvalue weighted by atomic mass is 10.5. The second-order valence-electron chi connectivity index (χ2n) is 2.44. The average Bonchev–Trinajstić information content (AvgIpc) is 2.51. The van der Waals surface area contributed by atoms with Gasteiger partial charge in [-0.25, -0.2) is 0 Å². The minimum atomic E-state index is -4.56. The molecule has 1 aromatic heterocycles. The van der Waals surface area contributed by atoms with Gasteiger partial charge in [0.1, 0.15) is 6.26 Å². The van der Waals surface area contributed by atoms with Crippen molar-refractivity contribution < 1.29 is 22.4 Å². The van der Waals surface area contributed by atoms with Crippen molar-refractivity contribution in [3.05, 3.63) is 12.0 Å². The van der Waals surface area contributed by atoms with E-state index in [4.69, 9.17) is 0 Å². The SMILES string of the molecule is CCC(=O)Nc1nc(C(F)(F)F)co1. The van der Waals surface area contributed by atoms with E-state index in [1.165, 1.54) is 0 Å². The zero-order valence-corrected chi connectivity index (χ0v) is 7.18. The smallest absolute Gasteiger partial charge is 0.431 e. The highest BCUT2D eigenvalue weighted by Gasteiger charge is 2.34. The molecule has 78 valence electrons. The van der Waals surface area contributed by atoms with Gasteiger partial charge in [0, 0.05) is 6.42 Å². The lowest BCUT2D eigenvalue weighted by Gasteiger charge is -1.98. The molecule has 0 fully saturated rings. The number of halogens is 3. The highest BCUT2D eigenvalue weighted by Crippen LogP contribution is 2.29. The van der Waals surface area contributed by atoms with Gasteiger partial charge in [0.25, 0.3) is 0 Å². The molecule has 0 spiro atoms. The fourth-order valence-electron chi connectivity index (χ4n) is 0.669. The number of carbonyl (C=O) groups is 1. The van der Waals surface area contributed by atoms with Crippen LogP contribution < -0.4 is 5.32 Å². The first kappa shape index (κ1) is 10.6. The molecule has 0 atom stereocenters. The summed E-state index contributed by atoms with van der Waals surface area (Å²) in [5.74, 6) is -0.458. The maximum atomic E-state index is 12.0. The van der Waals surface area contributed by atoms with Gasteiger partial charge >= 0.3 is 12.2 Å². The van der Waals surface area contributed by atoms with Gasteiger partial charge in [-0.15, -0.1) is 0 Å². The summed E-state index contributed by atoms with van der Waals surface area (Å²) in [4.78, 5) is 13.8. The molecule has 0 aliphatic heterocycles. The van der Waals surface area contributed by atoms with E-state index in [0.717, 1.165) is 0 Å². The fraction of sp³-hybridized carbons (Fsp3) is 0.429. The maximum Gasteiger partial charge on any atom is 0.436 e. The Morgan fingerprint density at radius 1 is 1.64 bits per heavy atom. The molecule has 0 saturated carbocycles. The molecular weight excluding hydrogens is 201 g/mol. The summed E-state index contributed by atoms with van der Waals surface area (Å²) in [6.07, 6.45) is -3.96. The lowest BCUT2D eigenvalue weighted by Crippen LogP contribution is -2.11. The molecule has 7 heteroatoms. The van der Waals surface area contributed by atoms with Gasteiger partial charge in [-0.3, -0.25) is 10.1 Å². The summed E-state index contributed by atoms with van der Waals surface area (Å²) in [5, 5.41) is 2.07. The van der Waals surface area contributed by atoms with E-state index in [2.05, 4.69) is 14.7 Å². The van der Waals surface area contributed by atoms with Crippen molar-refractivity contribution in [1.29, 1.82) is 0 Å². The number of nitrogens with zero attached hydrogens (tertiary/aromatic N) is 1. The molecule has 0 aliphatic rings. The van der Waals surface area contributed by atoms with E-state index >= 15 is 0 Å². The summed E-state index contributed by atoms with van der Waals surface area (Å²) in [6.45, 7) is 1.56. The Morgan fingerprint density at radius 2 is 2.29 bits per heavy atom. The third kappa shape index (κ3) is 2.48. The van der Waals surface area contributed by atoms with Crippen LogP contribution in [0.5, 0.6) is 0 Å².